The molecule has 7 nitrogen and oxygen atoms in total. The van der Waals surface area contributed by atoms with E-state index in [0.717, 1.165) is 49.5 Å². The number of halogens is 1. The van der Waals surface area contributed by atoms with Gasteiger partial charge in [-0.15, -0.1) is 10.2 Å². The third-order valence-electron chi connectivity index (χ3n) is 5.78. The van der Waals surface area contributed by atoms with E-state index in [4.69, 9.17) is 16.3 Å². The van der Waals surface area contributed by atoms with Gasteiger partial charge in [-0.1, -0.05) is 42.4 Å². The molecule has 1 fully saturated rings. The van der Waals surface area contributed by atoms with E-state index >= 15 is 0 Å². The number of amides is 1. The van der Waals surface area contributed by atoms with Crippen LogP contribution >= 0.6 is 23.4 Å². The van der Waals surface area contributed by atoms with E-state index < -0.39 is 0 Å². The fourth-order valence-corrected chi connectivity index (χ4v) is 4.82. The summed E-state index contributed by atoms with van der Waals surface area (Å²) in [5.74, 6) is 1.70. The molecule has 1 amide bonds. The summed E-state index contributed by atoms with van der Waals surface area (Å²) in [5.41, 5.74) is 1.74. The molecule has 4 rings (SSSR count). The number of carbonyl (C=O) groups is 1. The number of nitrogens with zero attached hydrogens (tertiary/aromatic N) is 4. The number of carbonyl (C=O) groups excluding carboxylic acids is 1. The van der Waals surface area contributed by atoms with E-state index in [-0.39, 0.29) is 17.7 Å². The van der Waals surface area contributed by atoms with Gasteiger partial charge in [0, 0.05) is 35.4 Å². The minimum absolute atomic E-state index is 0.0172. The predicted molar refractivity (Wildman–Crippen MR) is 132 cm³/mol. The molecule has 2 aromatic carbocycles. The van der Waals surface area contributed by atoms with Gasteiger partial charge in [0.05, 0.1) is 12.9 Å². The smallest absolute Gasteiger partial charge is 0.230 e. The maximum absolute atomic E-state index is 12.7. The standard InChI is InChI=1S/C24H28ClN5O2S/c1-3-29-13-11-19(12-14-29)26-22(31)16-33-24-28-27-23(17-5-4-6-21(15-17)32-2)30(24)20-9-7-18(25)8-10-20/h4-10,15,19H,3,11-14,16H2,1-2H3,(H,26,31). The summed E-state index contributed by atoms with van der Waals surface area (Å²) in [7, 11) is 1.63. The summed E-state index contributed by atoms with van der Waals surface area (Å²) < 4.78 is 7.32. The van der Waals surface area contributed by atoms with Crippen LogP contribution in [0.3, 0.4) is 0 Å². The first-order chi connectivity index (χ1) is 16.1. The molecule has 9 heteroatoms. The highest BCUT2D eigenvalue weighted by atomic mass is 35.5. The van der Waals surface area contributed by atoms with Gasteiger partial charge < -0.3 is 15.0 Å². The largest absolute Gasteiger partial charge is 0.497 e. The van der Waals surface area contributed by atoms with Crippen LogP contribution in [0.2, 0.25) is 5.02 Å². The molecule has 1 aromatic heterocycles. The van der Waals surface area contributed by atoms with Crippen LogP contribution < -0.4 is 10.1 Å². The molecule has 3 aromatic rings. The molecule has 0 radical (unpaired) electrons. The van der Waals surface area contributed by atoms with Crippen LogP contribution in [0.1, 0.15) is 19.8 Å². The van der Waals surface area contributed by atoms with Gasteiger partial charge in [0.2, 0.25) is 5.91 Å². The van der Waals surface area contributed by atoms with Crippen molar-refractivity contribution in [3.05, 3.63) is 53.6 Å². The topological polar surface area (TPSA) is 72.3 Å². The van der Waals surface area contributed by atoms with E-state index in [1.54, 1.807) is 7.11 Å². The Bertz CT molecular complexity index is 1080. The van der Waals surface area contributed by atoms with E-state index in [2.05, 4.69) is 27.3 Å². The van der Waals surface area contributed by atoms with Crippen LogP contribution in [0.5, 0.6) is 5.75 Å². The van der Waals surface area contributed by atoms with Crippen molar-refractivity contribution in [2.24, 2.45) is 0 Å². The lowest BCUT2D eigenvalue weighted by Crippen LogP contribution is -2.45. The number of benzene rings is 2. The molecule has 0 atom stereocenters. The highest BCUT2D eigenvalue weighted by molar-refractivity contribution is 7.99. The zero-order valence-electron chi connectivity index (χ0n) is 18.8. The first-order valence-electron chi connectivity index (χ1n) is 11.1. The molecule has 0 saturated carbocycles. The second-order valence-corrected chi connectivity index (χ2v) is 9.29. The number of likely N-dealkylation sites (tertiary alicyclic amines) is 1. The van der Waals surface area contributed by atoms with Crippen LogP contribution in [0.15, 0.2) is 53.7 Å². The maximum Gasteiger partial charge on any atom is 0.230 e. The Kier molecular flexibility index (Phi) is 7.90. The van der Waals surface area contributed by atoms with Crippen molar-refractivity contribution in [3.8, 4) is 22.8 Å². The summed E-state index contributed by atoms with van der Waals surface area (Å²) in [4.78, 5) is 15.1. The number of thioether (sulfide) groups is 1. The van der Waals surface area contributed by atoms with Gasteiger partial charge in [-0.3, -0.25) is 9.36 Å². The van der Waals surface area contributed by atoms with Crippen LogP contribution in [-0.4, -0.2) is 64.1 Å². The summed E-state index contributed by atoms with van der Waals surface area (Å²) in [5, 5.41) is 13.3. The number of ether oxygens (including phenoxy) is 1. The van der Waals surface area contributed by atoms with Crippen LogP contribution in [0.4, 0.5) is 0 Å². The predicted octanol–water partition coefficient (Wildman–Crippen LogP) is 4.29. The molecular formula is C24H28ClN5O2S. The minimum atomic E-state index is 0.0172. The van der Waals surface area contributed by atoms with E-state index in [0.29, 0.717) is 16.0 Å². The molecule has 1 N–H and O–H groups in total. The zero-order chi connectivity index (χ0) is 23.2. The highest BCUT2D eigenvalue weighted by Crippen LogP contribution is 2.30. The van der Waals surface area contributed by atoms with Crippen LogP contribution in [0, 0.1) is 0 Å². The molecule has 0 aliphatic carbocycles. The van der Waals surface area contributed by atoms with Gasteiger partial charge in [0.25, 0.3) is 0 Å². The Morgan fingerprint density at radius 1 is 1.18 bits per heavy atom. The second-order valence-electron chi connectivity index (χ2n) is 7.91. The average molecular weight is 486 g/mol. The molecular weight excluding hydrogens is 458 g/mol. The van der Waals surface area contributed by atoms with Gasteiger partial charge in [-0.05, 0) is 55.8 Å². The Balaban J connectivity index is 1.52. The zero-order valence-corrected chi connectivity index (χ0v) is 20.4. The fourth-order valence-electron chi connectivity index (χ4n) is 3.93. The van der Waals surface area contributed by atoms with E-state index in [1.807, 2.05) is 53.1 Å². The van der Waals surface area contributed by atoms with E-state index in [1.165, 1.54) is 11.8 Å². The molecule has 1 aliphatic heterocycles. The van der Waals surface area contributed by atoms with Crippen molar-refractivity contribution in [3.63, 3.8) is 0 Å². The van der Waals surface area contributed by atoms with Gasteiger partial charge >= 0.3 is 0 Å². The average Bonchev–Trinajstić information content (AvgIpc) is 3.28. The number of methoxy groups -OCH3 is 1. The van der Waals surface area contributed by atoms with Crippen molar-refractivity contribution < 1.29 is 9.53 Å². The maximum atomic E-state index is 12.7. The highest BCUT2D eigenvalue weighted by Gasteiger charge is 2.21. The van der Waals surface area contributed by atoms with Crippen molar-refractivity contribution >= 4 is 29.3 Å². The number of hydrogen-bond acceptors (Lipinski definition) is 6. The summed E-state index contributed by atoms with van der Waals surface area (Å²) in [6, 6.07) is 15.4. The van der Waals surface area contributed by atoms with Gasteiger partial charge in [-0.25, -0.2) is 0 Å². The number of piperidine rings is 1. The molecule has 0 bridgehead atoms. The van der Waals surface area contributed by atoms with Crippen molar-refractivity contribution in [1.29, 1.82) is 0 Å². The lowest BCUT2D eigenvalue weighted by Gasteiger charge is -2.31. The van der Waals surface area contributed by atoms with E-state index in [9.17, 15) is 4.79 Å². The van der Waals surface area contributed by atoms with Crippen molar-refractivity contribution in [2.45, 2.75) is 31.0 Å². The Morgan fingerprint density at radius 3 is 2.64 bits per heavy atom. The molecule has 1 aliphatic rings. The van der Waals surface area contributed by atoms with Crippen molar-refractivity contribution in [1.82, 2.24) is 25.0 Å². The van der Waals surface area contributed by atoms with Gasteiger partial charge in [-0.2, -0.15) is 0 Å². The minimum Gasteiger partial charge on any atom is -0.497 e. The molecule has 2 heterocycles. The summed E-state index contributed by atoms with van der Waals surface area (Å²) in [6.07, 6.45) is 1.98. The molecule has 1 saturated heterocycles. The fraction of sp³-hybridized carbons (Fsp3) is 0.375. The van der Waals surface area contributed by atoms with Crippen LogP contribution in [0.25, 0.3) is 17.1 Å². The first-order valence-corrected chi connectivity index (χ1v) is 12.4. The number of aromatic nitrogens is 3. The Labute approximate surface area is 203 Å². The second kappa shape index (κ2) is 11.0. The normalized spacial score (nSPS) is 14.9. The molecule has 0 spiro atoms. The quantitative estimate of drug-likeness (QED) is 0.480. The number of hydrogen-bond donors (Lipinski definition) is 1. The monoisotopic (exact) mass is 485 g/mol. The molecule has 174 valence electrons. The molecule has 33 heavy (non-hydrogen) atoms. The van der Waals surface area contributed by atoms with Gasteiger partial charge in [0.1, 0.15) is 5.75 Å². The first kappa shape index (κ1) is 23.6. The number of nitrogens with one attached hydrogen (secondary N) is 1. The van der Waals surface area contributed by atoms with Gasteiger partial charge in [0.15, 0.2) is 11.0 Å². The summed E-state index contributed by atoms with van der Waals surface area (Å²) in [6.45, 7) is 5.30. The summed E-state index contributed by atoms with van der Waals surface area (Å²) >= 11 is 7.48. The van der Waals surface area contributed by atoms with Crippen LogP contribution in [-0.2, 0) is 4.79 Å². The Morgan fingerprint density at radius 2 is 1.94 bits per heavy atom. The lowest BCUT2D eigenvalue weighted by molar-refractivity contribution is -0.119. The third kappa shape index (κ3) is 5.88. The third-order valence-corrected chi connectivity index (χ3v) is 6.96. The SMILES string of the molecule is CCN1CCC(NC(=O)CSc2nnc(-c3cccc(OC)c3)n2-c2ccc(Cl)cc2)CC1. The Hall–Kier alpha value is -2.55. The number of rotatable bonds is 8. The van der Waals surface area contributed by atoms with Crippen molar-refractivity contribution in [2.75, 3.05) is 32.5 Å². The molecule has 0 unspecified atom stereocenters. The lowest BCUT2D eigenvalue weighted by atomic mass is 10.1.